The second-order valence-corrected chi connectivity index (χ2v) is 13.7. The van der Waals surface area contributed by atoms with Crippen molar-refractivity contribution in [2.45, 2.75) is 57.7 Å². The minimum absolute atomic E-state index is 0.0323. The number of ether oxygens (including phenoxy) is 1. The van der Waals surface area contributed by atoms with Crippen molar-refractivity contribution in [1.82, 2.24) is 10.6 Å². The highest BCUT2D eigenvalue weighted by Gasteiger charge is 2.32. The number of benzene rings is 3. The predicted octanol–water partition coefficient (Wildman–Crippen LogP) is 5.76. The lowest BCUT2D eigenvalue weighted by atomic mass is 9.93. The summed E-state index contributed by atoms with van der Waals surface area (Å²) < 4.78 is 44.2. The molecule has 9 nitrogen and oxygen atoms in total. The zero-order valence-corrected chi connectivity index (χ0v) is 26.7. The molecule has 1 aliphatic rings. The summed E-state index contributed by atoms with van der Waals surface area (Å²) in [7, 11) is -1.61. The number of anilines is 2. The Labute approximate surface area is 261 Å². The SMILES string of the molecule is CCNc1cc(C(=O)N[C@@H](Cc2ccccc2)[C@@H](O)CNC(C)(C)c2cccc(OC)c2)c(F)c(N2CCCCS2(O)O)c1. The van der Waals surface area contributed by atoms with Crippen molar-refractivity contribution < 1.29 is 28.1 Å². The lowest BCUT2D eigenvalue weighted by molar-refractivity contribution is 0.0810. The molecule has 0 spiro atoms. The molecule has 1 saturated heterocycles. The van der Waals surface area contributed by atoms with Crippen LogP contribution in [0.3, 0.4) is 0 Å². The molecule has 0 bridgehead atoms. The highest BCUT2D eigenvalue weighted by Crippen LogP contribution is 2.51. The number of nitrogens with zero attached hydrogens (tertiary/aromatic N) is 1. The first-order valence-corrected chi connectivity index (χ1v) is 16.7. The van der Waals surface area contributed by atoms with Crippen LogP contribution in [0.5, 0.6) is 5.75 Å². The number of halogens is 1. The normalized spacial score (nSPS) is 17.0. The van der Waals surface area contributed by atoms with E-state index in [2.05, 4.69) is 16.0 Å². The molecule has 3 aromatic carbocycles. The Morgan fingerprint density at radius 2 is 1.84 bits per heavy atom. The Kier molecular flexibility index (Phi) is 11.1. The van der Waals surface area contributed by atoms with E-state index in [1.54, 1.807) is 7.11 Å². The molecule has 6 N–H and O–H groups in total. The number of aliphatic hydroxyl groups excluding tert-OH is 1. The van der Waals surface area contributed by atoms with Gasteiger partial charge in [0.2, 0.25) is 0 Å². The van der Waals surface area contributed by atoms with Crippen molar-refractivity contribution >= 4 is 28.1 Å². The maximum absolute atomic E-state index is 16.1. The topological polar surface area (TPSA) is 126 Å². The summed E-state index contributed by atoms with van der Waals surface area (Å²) in [5.74, 6) is -0.677. The van der Waals surface area contributed by atoms with Gasteiger partial charge in [-0.15, -0.1) is 10.8 Å². The van der Waals surface area contributed by atoms with Crippen LogP contribution in [0.25, 0.3) is 0 Å². The fourth-order valence-corrected chi connectivity index (χ4v) is 7.04. The molecule has 4 rings (SSSR count). The summed E-state index contributed by atoms with van der Waals surface area (Å²) in [4.78, 5) is 13.8. The first kappa shape index (κ1) is 33.5. The molecule has 11 heteroatoms. The molecule has 0 radical (unpaired) electrons. The summed E-state index contributed by atoms with van der Waals surface area (Å²) in [6.45, 7) is 6.79. The van der Waals surface area contributed by atoms with E-state index in [1.807, 2.05) is 75.4 Å². The summed E-state index contributed by atoms with van der Waals surface area (Å²) >= 11 is 0. The van der Waals surface area contributed by atoms with Gasteiger partial charge in [0, 0.05) is 30.9 Å². The number of hydrogen-bond donors (Lipinski definition) is 6. The second kappa shape index (κ2) is 14.6. The van der Waals surface area contributed by atoms with Gasteiger partial charge in [0.1, 0.15) is 5.75 Å². The van der Waals surface area contributed by atoms with Gasteiger partial charge in [-0.05, 0) is 75.4 Å². The van der Waals surface area contributed by atoms with E-state index in [-0.39, 0.29) is 30.1 Å². The molecule has 44 heavy (non-hydrogen) atoms. The number of hydrogen-bond acceptors (Lipinski definition) is 8. The molecule has 0 unspecified atom stereocenters. The molecule has 0 aliphatic carbocycles. The molecular formula is C33H45FN4O5S. The molecule has 240 valence electrons. The number of carbonyl (C=O) groups excluding carboxylic acids is 1. The minimum atomic E-state index is -3.22. The van der Waals surface area contributed by atoms with Gasteiger partial charge in [0.05, 0.1) is 36.3 Å². The lowest BCUT2D eigenvalue weighted by Crippen LogP contribution is -2.51. The Hall–Kier alpha value is -3.35. The first-order valence-electron chi connectivity index (χ1n) is 15.0. The molecule has 1 fully saturated rings. The number of amides is 1. The Bertz CT molecular complexity index is 1410. The molecule has 0 saturated carbocycles. The Morgan fingerprint density at radius 1 is 1.09 bits per heavy atom. The molecule has 2 atom stereocenters. The predicted molar refractivity (Wildman–Crippen MR) is 176 cm³/mol. The summed E-state index contributed by atoms with van der Waals surface area (Å²) in [5, 5.41) is 20.8. The largest absolute Gasteiger partial charge is 0.497 e. The van der Waals surface area contributed by atoms with Crippen LogP contribution >= 0.6 is 10.8 Å². The van der Waals surface area contributed by atoms with Gasteiger partial charge in [0.25, 0.3) is 5.91 Å². The van der Waals surface area contributed by atoms with Crippen LogP contribution in [0.2, 0.25) is 0 Å². The van der Waals surface area contributed by atoms with Crippen LogP contribution in [0.4, 0.5) is 15.8 Å². The summed E-state index contributed by atoms with van der Waals surface area (Å²) in [5.41, 5.74) is 1.54. The standard InChI is InChI=1S/C33H45FN4O5S/c1-5-35-25-20-27(31(34)29(21-25)38-16-9-10-17-44(38,41)42)32(40)37-28(18-23-12-7-6-8-13-23)30(39)22-36-33(2,3)24-14-11-15-26(19-24)43-4/h6-8,11-15,19-21,28,30,35-36,39,41-42H,5,9-10,16-18,22H2,1-4H3,(H,37,40)/t28-,30-/m0/s1. The van der Waals surface area contributed by atoms with Crippen molar-refractivity contribution in [2.24, 2.45) is 0 Å². The molecular weight excluding hydrogens is 583 g/mol. The van der Waals surface area contributed by atoms with Gasteiger partial charge < -0.3 is 25.8 Å². The third-order valence-corrected chi connectivity index (χ3v) is 9.88. The molecule has 1 heterocycles. The molecule has 1 amide bonds. The van der Waals surface area contributed by atoms with Gasteiger partial charge in [0.15, 0.2) is 5.82 Å². The first-order chi connectivity index (χ1) is 20.9. The van der Waals surface area contributed by atoms with Crippen LogP contribution in [0, 0.1) is 5.82 Å². The van der Waals surface area contributed by atoms with Crippen LogP contribution in [-0.2, 0) is 12.0 Å². The summed E-state index contributed by atoms with van der Waals surface area (Å²) in [6, 6.07) is 19.3. The fourth-order valence-electron chi connectivity index (χ4n) is 5.36. The van der Waals surface area contributed by atoms with Crippen LogP contribution in [0.1, 0.15) is 55.1 Å². The Morgan fingerprint density at radius 3 is 2.52 bits per heavy atom. The number of rotatable bonds is 13. The smallest absolute Gasteiger partial charge is 0.254 e. The highest BCUT2D eigenvalue weighted by molar-refractivity contribution is 8.25. The van der Waals surface area contributed by atoms with Crippen molar-refractivity contribution in [2.75, 3.05) is 42.1 Å². The zero-order valence-electron chi connectivity index (χ0n) is 25.8. The van der Waals surface area contributed by atoms with E-state index < -0.39 is 40.2 Å². The van der Waals surface area contributed by atoms with Crippen LogP contribution < -0.4 is 25.0 Å². The van der Waals surface area contributed by atoms with Crippen molar-refractivity contribution in [1.29, 1.82) is 0 Å². The Balaban J connectivity index is 1.60. The van der Waals surface area contributed by atoms with Gasteiger partial charge in [-0.1, -0.05) is 42.5 Å². The molecule has 0 aromatic heterocycles. The highest BCUT2D eigenvalue weighted by atomic mass is 32.3. The molecule has 1 aliphatic heterocycles. The maximum Gasteiger partial charge on any atom is 0.254 e. The van der Waals surface area contributed by atoms with Crippen LogP contribution in [0.15, 0.2) is 66.7 Å². The van der Waals surface area contributed by atoms with E-state index >= 15 is 4.39 Å². The van der Waals surface area contributed by atoms with E-state index in [4.69, 9.17) is 4.74 Å². The van der Waals surface area contributed by atoms with Crippen molar-refractivity contribution in [3.63, 3.8) is 0 Å². The number of nitrogens with one attached hydrogen (secondary N) is 3. The monoisotopic (exact) mass is 628 g/mol. The molecule has 3 aromatic rings. The van der Waals surface area contributed by atoms with Gasteiger partial charge >= 0.3 is 0 Å². The number of methoxy groups -OCH3 is 1. The third-order valence-electron chi connectivity index (χ3n) is 7.95. The van der Waals surface area contributed by atoms with Crippen molar-refractivity contribution in [3.8, 4) is 5.75 Å². The van der Waals surface area contributed by atoms with Crippen molar-refractivity contribution in [3.05, 3.63) is 89.2 Å². The zero-order chi connectivity index (χ0) is 31.9. The van der Waals surface area contributed by atoms with E-state index in [9.17, 15) is 19.0 Å². The quantitative estimate of drug-likeness (QED) is 0.141. The lowest BCUT2D eigenvalue weighted by Gasteiger charge is -2.47. The van der Waals surface area contributed by atoms with E-state index in [1.165, 1.54) is 16.4 Å². The second-order valence-electron chi connectivity index (χ2n) is 11.6. The third kappa shape index (κ3) is 8.22. The average Bonchev–Trinajstić information content (AvgIpc) is 3.01. The van der Waals surface area contributed by atoms with E-state index in [0.717, 1.165) is 16.9 Å². The summed E-state index contributed by atoms with van der Waals surface area (Å²) in [6.07, 6.45) is 0.579. The van der Waals surface area contributed by atoms with Gasteiger partial charge in [-0.3, -0.25) is 18.2 Å². The fraction of sp³-hybridized carbons (Fsp3) is 0.424. The van der Waals surface area contributed by atoms with Crippen LogP contribution in [-0.4, -0.2) is 64.8 Å². The van der Waals surface area contributed by atoms with Gasteiger partial charge in [-0.2, -0.15) is 0 Å². The van der Waals surface area contributed by atoms with Gasteiger partial charge in [-0.25, -0.2) is 4.39 Å². The maximum atomic E-state index is 16.1. The van der Waals surface area contributed by atoms with E-state index in [0.29, 0.717) is 31.5 Å². The number of aliphatic hydroxyl groups is 1. The number of carbonyl (C=O) groups is 1. The minimum Gasteiger partial charge on any atom is -0.497 e. The average molecular weight is 629 g/mol.